The molecule has 0 aliphatic rings. The Hall–Kier alpha value is -1.12. The molecule has 0 aromatic carbocycles. The molecule has 0 fully saturated rings. The van der Waals surface area contributed by atoms with Gasteiger partial charge in [-0.25, -0.2) is 70.2 Å². The summed E-state index contributed by atoms with van der Waals surface area (Å²) in [5.41, 5.74) is 0. The Bertz CT molecular complexity index is 54.9. The van der Waals surface area contributed by atoms with E-state index in [9.17, 15) is 70.2 Å². The minimum Gasteiger partial charge on any atom is -0.214 e. The summed E-state index contributed by atoms with van der Waals surface area (Å²) < 4.78 is 154. The van der Waals surface area contributed by atoms with Crippen LogP contribution in [0.2, 0.25) is 0 Å². The molecular formula is C11H24F16. The molecule has 0 atom stereocenters. The second-order valence-electron chi connectivity index (χ2n) is 1.52. The second kappa shape index (κ2) is 228. The van der Waals surface area contributed by atoms with Gasteiger partial charge in [0.05, 0.1) is 0 Å². The summed E-state index contributed by atoms with van der Waals surface area (Å²) >= 11 is 0. The molecule has 0 unspecified atom stereocenters. The lowest BCUT2D eigenvalue weighted by Gasteiger charge is -1.48. The highest BCUT2D eigenvalue weighted by Crippen LogP contribution is 1.58. The monoisotopic (exact) mass is 460 g/mol. The SMILES string of the molecule is CCC.FCF.FCF.FCF.FCF.FCF.FCF.FCF.FCF. The van der Waals surface area contributed by atoms with E-state index in [1.807, 2.05) is 0 Å². The Balaban J connectivity index is -0.0000000193. The molecule has 0 saturated carbocycles. The number of hydrogen-bond donors (Lipinski definition) is 0. The molecule has 0 nitrogen and oxygen atoms in total. The van der Waals surface area contributed by atoms with Gasteiger partial charge < -0.3 is 0 Å². The van der Waals surface area contributed by atoms with Gasteiger partial charge in [-0.2, -0.15) is 0 Å². The van der Waals surface area contributed by atoms with Crippen molar-refractivity contribution in [2.45, 2.75) is 20.3 Å². The predicted octanol–water partition coefficient (Wildman–Crippen LogP) is 8.48. The van der Waals surface area contributed by atoms with Crippen molar-refractivity contribution in [2.75, 3.05) is 55.4 Å². The Labute approximate surface area is 147 Å². The van der Waals surface area contributed by atoms with Crippen LogP contribution in [0.1, 0.15) is 20.3 Å². The van der Waals surface area contributed by atoms with E-state index < -0.39 is 55.4 Å². The van der Waals surface area contributed by atoms with Crippen LogP contribution in [0.25, 0.3) is 0 Å². The van der Waals surface area contributed by atoms with Crippen molar-refractivity contribution in [1.29, 1.82) is 0 Å². The number of alkyl halides is 16. The highest BCUT2D eigenvalue weighted by Gasteiger charge is 1.46. The maximum absolute atomic E-state index is 9.62. The summed E-state index contributed by atoms with van der Waals surface area (Å²) in [6, 6.07) is 0. The number of hydrogen-bond acceptors (Lipinski definition) is 0. The lowest BCUT2D eigenvalue weighted by molar-refractivity contribution is 0.295. The van der Waals surface area contributed by atoms with E-state index in [0.717, 1.165) is 0 Å². The molecule has 0 aromatic heterocycles. The Morgan fingerprint density at radius 2 is 0.259 bits per heavy atom. The maximum atomic E-state index is 9.62. The normalized spacial score (nSPS) is 6.00. The summed E-state index contributed by atoms with van der Waals surface area (Å²) in [7, 11) is 0. The molecule has 0 radical (unpaired) electrons. The first-order valence-corrected chi connectivity index (χ1v) is 5.69. The molecule has 0 amide bonds. The van der Waals surface area contributed by atoms with Gasteiger partial charge in [-0.15, -0.1) is 0 Å². The zero-order chi connectivity index (χ0) is 24.4. The summed E-state index contributed by atoms with van der Waals surface area (Å²) in [6.45, 7) is -9.75. The van der Waals surface area contributed by atoms with Gasteiger partial charge in [-0.3, -0.25) is 0 Å². The first kappa shape index (κ1) is 56.2. The molecule has 0 bridgehead atoms. The van der Waals surface area contributed by atoms with Crippen LogP contribution in [0, 0.1) is 0 Å². The van der Waals surface area contributed by atoms with E-state index in [-0.39, 0.29) is 0 Å². The van der Waals surface area contributed by atoms with Gasteiger partial charge in [0.15, 0.2) is 0 Å². The largest absolute Gasteiger partial charge is 0.229 e. The molecule has 16 heteroatoms. The predicted molar refractivity (Wildman–Crippen MR) is 72.6 cm³/mol. The summed E-state index contributed by atoms with van der Waals surface area (Å²) in [6.07, 6.45) is 1.25. The van der Waals surface area contributed by atoms with Crippen molar-refractivity contribution in [3.8, 4) is 0 Å². The highest BCUT2D eigenvalue weighted by molar-refractivity contribution is 3.92. The van der Waals surface area contributed by atoms with E-state index in [1.54, 1.807) is 0 Å². The average Bonchev–Trinajstić information content (AvgIpc) is 2.53. The van der Waals surface area contributed by atoms with E-state index >= 15 is 0 Å². The van der Waals surface area contributed by atoms with Crippen molar-refractivity contribution in [3.63, 3.8) is 0 Å². The number of halogens is 16. The topological polar surface area (TPSA) is 0 Å². The van der Waals surface area contributed by atoms with Crippen LogP contribution in [0.4, 0.5) is 70.2 Å². The third kappa shape index (κ3) is 10400. The first-order chi connectivity index (χ1) is 12.7. The molecule has 0 spiro atoms. The molecule has 0 N–H and O–H groups in total. The highest BCUT2D eigenvalue weighted by atomic mass is 19.3. The molecule has 27 heavy (non-hydrogen) atoms. The maximum Gasteiger partial charge on any atom is 0.229 e. The van der Waals surface area contributed by atoms with Gasteiger partial charge in [0.25, 0.3) is 0 Å². The first-order valence-electron chi connectivity index (χ1n) is 5.69. The smallest absolute Gasteiger partial charge is 0.214 e. The third-order valence-electron chi connectivity index (χ3n) is 0. The van der Waals surface area contributed by atoms with Crippen LogP contribution < -0.4 is 0 Å². The lowest BCUT2D eigenvalue weighted by atomic mass is 10.6. The summed E-state index contributed by atoms with van der Waals surface area (Å²) in [5.74, 6) is 0. The quantitative estimate of drug-likeness (QED) is 0.318. The molecule has 0 rings (SSSR count). The van der Waals surface area contributed by atoms with Crippen LogP contribution >= 0.6 is 0 Å². The Kier molecular flexibility index (Phi) is 476. The fraction of sp³-hybridized carbons (Fsp3) is 1.00. The van der Waals surface area contributed by atoms with Crippen molar-refractivity contribution in [1.82, 2.24) is 0 Å². The standard InChI is InChI=1S/C3H8.8CH2F2/c1-3-2;8*2-1-3/h3H2,1-2H3;8*1H2. The fourth-order valence-corrected chi connectivity index (χ4v) is 0. The molecule has 180 valence electrons. The number of rotatable bonds is 0. The van der Waals surface area contributed by atoms with Crippen molar-refractivity contribution >= 4 is 0 Å². The van der Waals surface area contributed by atoms with Gasteiger partial charge in [-0.1, -0.05) is 20.3 Å². The summed E-state index contributed by atoms with van der Waals surface area (Å²) in [4.78, 5) is 0. The minimum absolute atomic E-state index is 1.25. The molecule has 0 aliphatic carbocycles. The van der Waals surface area contributed by atoms with Gasteiger partial charge >= 0.3 is 0 Å². The molecule has 0 aliphatic heterocycles. The van der Waals surface area contributed by atoms with Crippen LogP contribution in [0.5, 0.6) is 0 Å². The zero-order valence-corrected chi connectivity index (χ0v) is 14.4. The van der Waals surface area contributed by atoms with E-state index in [1.165, 1.54) is 6.42 Å². The van der Waals surface area contributed by atoms with Crippen LogP contribution in [-0.2, 0) is 0 Å². The lowest BCUT2D eigenvalue weighted by Crippen LogP contribution is -1.34. The third-order valence-corrected chi connectivity index (χ3v) is 0. The molecular weight excluding hydrogens is 436 g/mol. The molecule has 0 saturated heterocycles. The van der Waals surface area contributed by atoms with Gasteiger partial charge in [0, 0.05) is 0 Å². The Morgan fingerprint density at radius 3 is 0.259 bits per heavy atom. The zero-order valence-electron chi connectivity index (χ0n) is 14.4. The van der Waals surface area contributed by atoms with Gasteiger partial charge in [0.1, 0.15) is 0 Å². The fourth-order valence-electron chi connectivity index (χ4n) is 0. The average molecular weight is 460 g/mol. The van der Waals surface area contributed by atoms with Crippen LogP contribution in [-0.4, -0.2) is 55.4 Å². The van der Waals surface area contributed by atoms with E-state index in [4.69, 9.17) is 0 Å². The van der Waals surface area contributed by atoms with Gasteiger partial charge in [0.2, 0.25) is 55.4 Å². The molecule has 0 heterocycles. The minimum atomic E-state index is -1.75. The Morgan fingerprint density at radius 1 is 0.259 bits per heavy atom. The van der Waals surface area contributed by atoms with Crippen LogP contribution in [0.3, 0.4) is 0 Å². The van der Waals surface area contributed by atoms with Crippen molar-refractivity contribution in [3.05, 3.63) is 0 Å². The second-order valence-corrected chi connectivity index (χ2v) is 1.52. The summed E-state index contributed by atoms with van der Waals surface area (Å²) in [5, 5.41) is 0. The van der Waals surface area contributed by atoms with Crippen molar-refractivity contribution < 1.29 is 70.2 Å². The van der Waals surface area contributed by atoms with Gasteiger partial charge in [-0.05, 0) is 0 Å². The van der Waals surface area contributed by atoms with E-state index in [2.05, 4.69) is 13.8 Å². The van der Waals surface area contributed by atoms with Crippen LogP contribution in [0.15, 0.2) is 0 Å². The van der Waals surface area contributed by atoms with E-state index in [0.29, 0.717) is 0 Å². The van der Waals surface area contributed by atoms with Crippen molar-refractivity contribution in [2.24, 2.45) is 0 Å². The molecule has 0 aromatic rings.